The normalized spacial score (nSPS) is 9.40. The Morgan fingerprint density at radius 1 is 0.867 bits per heavy atom. The predicted octanol–water partition coefficient (Wildman–Crippen LogP) is 0.390. The fourth-order valence-corrected chi connectivity index (χ4v) is 1.48. The molecule has 0 radical (unpaired) electrons. The number of rotatable bonds is 2. The Morgan fingerprint density at radius 3 is 2.00 bits per heavy atom. The van der Waals surface area contributed by atoms with Crippen LogP contribution in [0.4, 0.5) is 0 Å². The maximum absolute atomic E-state index is 3.03. The Hall–Kier alpha value is 0.0764. The van der Waals surface area contributed by atoms with Crippen LogP contribution in [0, 0.1) is 13.0 Å². The molecule has 0 bridgehead atoms. The van der Waals surface area contributed by atoms with Gasteiger partial charge >= 0.3 is 51.4 Å². The first-order chi connectivity index (χ1) is 6.84. The minimum Gasteiger partial charge on any atom is -0.184 e. The van der Waals surface area contributed by atoms with Crippen molar-refractivity contribution in [2.24, 2.45) is 0 Å². The van der Waals surface area contributed by atoms with Crippen LogP contribution in [0.3, 0.4) is 0 Å². The van der Waals surface area contributed by atoms with Crippen LogP contribution >= 0.6 is 0 Å². The van der Waals surface area contributed by atoms with E-state index in [1.807, 2.05) is 12.1 Å². The second-order valence-corrected chi connectivity index (χ2v) is 3.57. The van der Waals surface area contributed by atoms with E-state index >= 15 is 0 Å². The summed E-state index contributed by atoms with van der Waals surface area (Å²) in [6.45, 7) is 2.11. The molecule has 0 atom stereocenters. The molecule has 2 aromatic carbocycles. The molecule has 1 heteroatoms. The van der Waals surface area contributed by atoms with Gasteiger partial charge in [-0.1, -0.05) is 29.8 Å². The Morgan fingerprint density at radius 2 is 1.40 bits per heavy atom. The largest absolute Gasteiger partial charge is 1.00 e. The molecular formula is C14H13K. The molecule has 0 N–H and O–H groups in total. The number of aryl methyl sites for hydroxylation is 1. The van der Waals surface area contributed by atoms with Crippen LogP contribution in [-0.4, -0.2) is 0 Å². The molecule has 2 aromatic rings. The molecule has 15 heavy (non-hydrogen) atoms. The summed E-state index contributed by atoms with van der Waals surface area (Å²) in [6, 6.07) is 19.9. The Balaban J connectivity index is 0.00000112. The van der Waals surface area contributed by atoms with E-state index in [1.54, 1.807) is 0 Å². The fraction of sp³-hybridized carbons (Fsp3) is 0.143. The monoisotopic (exact) mass is 220 g/mol. The topological polar surface area (TPSA) is 0 Å². The minimum atomic E-state index is 0. The zero-order chi connectivity index (χ0) is 9.80. The Labute approximate surface area is 134 Å². The molecule has 0 saturated heterocycles. The van der Waals surface area contributed by atoms with Crippen molar-refractivity contribution >= 4 is 0 Å². The van der Waals surface area contributed by atoms with E-state index in [-0.39, 0.29) is 51.4 Å². The quantitative estimate of drug-likeness (QED) is 0.507. The fourth-order valence-electron chi connectivity index (χ4n) is 1.48. The first-order valence-corrected chi connectivity index (χ1v) is 4.85. The summed E-state index contributed by atoms with van der Waals surface area (Å²) in [5, 5.41) is 0. The molecule has 0 unspecified atom stereocenters. The van der Waals surface area contributed by atoms with Crippen molar-refractivity contribution in [2.75, 3.05) is 0 Å². The van der Waals surface area contributed by atoms with Crippen molar-refractivity contribution in [2.45, 2.75) is 13.3 Å². The summed E-state index contributed by atoms with van der Waals surface area (Å²) < 4.78 is 0. The predicted molar refractivity (Wildman–Crippen MR) is 59.3 cm³/mol. The summed E-state index contributed by atoms with van der Waals surface area (Å²) in [7, 11) is 0. The van der Waals surface area contributed by atoms with Gasteiger partial charge in [-0.15, -0.1) is 0 Å². The third-order valence-corrected chi connectivity index (χ3v) is 2.32. The average molecular weight is 220 g/mol. The summed E-state index contributed by atoms with van der Waals surface area (Å²) in [5.74, 6) is 0. The van der Waals surface area contributed by atoms with Crippen molar-refractivity contribution in [3.05, 3.63) is 71.3 Å². The molecule has 0 aliphatic heterocycles. The molecule has 0 aliphatic rings. The molecule has 70 valence electrons. The van der Waals surface area contributed by atoms with E-state index in [1.165, 1.54) is 16.7 Å². The van der Waals surface area contributed by atoms with Crippen molar-refractivity contribution < 1.29 is 51.4 Å². The van der Waals surface area contributed by atoms with Crippen LogP contribution in [0.2, 0.25) is 0 Å². The second kappa shape index (κ2) is 6.61. The van der Waals surface area contributed by atoms with Crippen molar-refractivity contribution in [3.63, 3.8) is 0 Å². The second-order valence-electron chi connectivity index (χ2n) is 3.57. The Kier molecular flexibility index (Phi) is 5.80. The van der Waals surface area contributed by atoms with Crippen molar-refractivity contribution in [1.82, 2.24) is 0 Å². The average Bonchev–Trinajstić information content (AvgIpc) is 2.23. The molecule has 0 nitrogen and oxygen atoms in total. The Bertz CT molecular complexity index is 389. The van der Waals surface area contributed by atoms with E-state index in [0.29, 0.717) is 0 Å². The van der Waals surface area contributed by atoms with E-state index in [0.717, 1.165) is 6.42 Å². The van der Waals surface area contributed by atoms with Gasteiger partial charge in [0.15, 0.2) is 0 Å². The third kappa shape index (κ3) is 4.21. The van der Waals surface area contributed by atoms with Gasteiger partial charge in [-0.05, 0) is 18.9 Å². The van der Waals surface area contributed by atoms with Crippen LogP contribution < -0.4 is 51.4 Å². The van der Waals surface area contributed by atoms with E-state index < -0.39 is 0 Å². The number of benzene rings is 2. The molecule has 2 rings (SSSR count). The molecular weight excluding hydrogens is 207 g/mol. The van der Waals surface area contributed by atoms with Crippen LogP contribution in [-0.2, 0) is 6.42 Å². The first kappa shape index (κ1) is 13.1. The molecule has 0 saturated carbocycles. The molecule has 0 aliphatic carbocycles. The van der Waals surface area contributed by atoms with Crippen LogP contribution in [0.15, 0.2) is 48.5 Å². The van der Waals surface area contributed by atoms with Gasteiger partial charge < -0.3 is 0 Å². The van der Waals surface area contributed by atoms with Gasteiger partial charge in [0, 0.05) is 0 Å². The van der Waals surface area contributed by atoms with Gasteiger partial charge in [-0.2, -0.15) is 35.9 Å². The maximum Gasteiger partial charge on any atom is 1.00 e. The zero-order valence-electron chi connectivity index (χ0n) is 9.33. The smallest absolute Gasteiger partial charge is 0.184 e. The maximum atomic E-state index is 3.03. The standard InChI is InChI=1S/C14H13.K/c1-12-7-9-14(10-8-12)11-13-5-3-2-4-6-13;/h3-10H,11H2,1H3;/q-1;+1. The summed E-state index contributed by atoms with van der Waals surface area (Å²) in [5.41, 5.74) is 4.02. The van der Waals surface area contributed by atoms with Gasteiger partial charge in [0.1, 0.15) is 0 Å². The molecule has 0 aromatic heterocycles. The van der Waals surface area contributed by atoms with Gasteiger partial charge in [0.25, 0.3) is 0 Å². The molecule has 0 amide bonds. The van der Waals surface area contributed by atoms with Crippen LogP contribution in [0.1, 0.15) is 16.7 Å². The summed E-state index contributed by atoms with van der Waals surface area (Å²) in [4.78, 5) is 0. The third-order valence-electron chi connectivity index (χ3n) is 2.32. The summed E-state index contributed by atoms with van der Waals surface area (Å²) in [6.07, 6.45) is 1.01. The minimum absolute atomic E-state index is 0. The number of hydrogen-bond acceptors (Lipinski definition) is 0. The van der Waals surface area contributed by atoms with E-state index in [2.05, 4.69) is 49.4 Å². The van der Waals surface area contributed by atoms with Gasteiger partial charge in [0.05, 0.1) is 0 Å². The van der Waals surface area contributed by atoms with Crippen LogP contribution in [0.5, 0.6) is 0 Å². The van der Waals surface area contributed by atoms with Gasteiger partial charge in [-0.25, -0.2) is 0 Å². The number of hydrogen-bond donors (Lipinski definition) is 0. The zero-order valence-corrected chi connectivity index (χ0v) is 12.4. The molecule has 0 fully saturated rings. The van der Waals surface area contributed by atoms with Crippen LogP contribution in [0.25, 0.3) is 0 Å². The summed E-state index contributed by atoms with van der Waals surface area (Å²) >= 11 is 0. The van der Waals surface area contributed by atoms with Gasteiger partial charge in [-0.3, -0.25) is 0 Å². The van der Waals surface area contributed by atoms with Gasteiger partial charge in [0.2, 0.25) is 0 Å². The molecule has 0 spiro atoms. The first-order valence-electron chi connectivity index (χ1n) is 4.85. The van der Waals surface area contributed by atoms with E-state index in [9.17, 15) is 0 Å². The van der Waals surface area contributed by atoms with Crippen molar-refractivity contribution in [3.8, 4) is 0 Å². The van der Waals surface area contributed by atoms with Crippen molar-refractivity contribution in [1.29, 1.82) is 0 Å². The SMILES string of the molecule is Cc1ccc(Cc2cc[c-]cc2)cc1.[K+]. The molecule has 0 heterocycles. The van der Waals surface area contributed by atoms with E-state index in [4.69, 9.17) is 0 Å².